The van der Waals surface area contributed by atoms with E-state index in [1.54, 1.807) is 7.05 Å². The molecule has 0 rings (SSSR count). The van der Waals surface area contributed by atoms with Gasteiger partial charge in [-0.1, -0.05) is 231 Å². The number of ether oxygens (including phenoxy) is 3. The van der Waals surface area contributed by atoms with Crippen molar-refractivity contribution in [1.29, 1.82) is 0 Å². The van der Waals surface area contributed by atoms with Crippen molar-refractivity contribution in [3.63, 3.8) is 0 Å². The molecular weight excluding hydrogens is 863 g/mol. The molecule has 0 heterocycles. The van der Waals surface area contributed by atoms with E-state index in [0.29, 0.717) is 19.8 Å². The van der Waals surface area contributed by atoms with Crippen LogP contribution in [0.5, 0.6) is 0 Å². The number of nitrogens with one attached hydrogen (secondary N) is 1. The minimum atomic E-state index is -4.56. The number of hydrogen-bond donors (Lipinski definition) is 2. The maximum Gasteiger partial charge on any atom is 0.286 e. The first kappa shape index (κ1) is 67.0. The summed E-state index contributed by atoms with van der Waals surface area (Å²) in [6.07, 6.45) is 66.6. The van der Waals surface area contributed by atoms with Gasteiger partial charge in [0, 0.05) is 25.7 Å². The van der Waals surface area contributed by atoms with E-state index in [9.17, 15) is 13.0 Å². The third kappa shape index (κ3) is 43.7. The van der Waals surface area contributed by atoms with Crippen LogP contribution in [-0.4, -0.2) is 64.5 Å². The first-order valence-electron chi connectivity index (χ1n) is 29.7. The lowest BCUT2D eigenvalue weighted by Gasteiger charge is -2.37. The molecule has 0 radical (unpaired) electrons. The molecule has 7 nitrogen and oxygen atoms in total. The summed E-state index contributed by atoms with van der Waals surface area (Å²) in [6, 6.07) is 0. The molecule has 68 heavy (non-hydrogen) atoms. The molecule has 0 spiro atoms. The van der Waals surface area contributed by atoms with Crippen LogP contribution in [0.4, 0.5) is 0 Å². The molecule has 0 aliphatic heterocycles. The second kappa shape index (κ2) is 53.8. The Balaban J connectivity index is 4.73. The molecule has 0 aromatic carbocycles. The van der Waals surface area contributed by atoms with E-state index in [-0.39, 0.29) is 19.8 Å². The van der Waals surface area contributed by atoms with Gasteiger partial charge in [0.1, 0.15) is 0 Å². The van der Waals surface area contributed by atoms with Gasteiger partial charge in [0.15, 0.2) is 4.87 Å². The van der Waals surface area contributed by atoms with E-state index < -0.39 is 20.9 Å². The summed E-state index contributed by atoms with van der Waals surface area (Å²) < 4.78 is 55.6. The molecular formula is C60H117NO6S. The van der Waals surface area contributed by atoms with Crippen LogP contribution < -0.4 is 5.32 Å². The molecule has 0 aliphatic rings. The summed E-state index contributed by atoms with van der Waals surface area (Å²) in [5.74, 6) is -0.620. The molecule has 2 N–H and O–H groups in total. The lowest BCUT2D eigenvalue weighted by molar-refractivity contribution is -0.0121. The Bertz CT molecular complexity index is 1140. The largest absolute Gasteiger partial charge is 0.381 e. The van der Waals surface area contributed by atoms with Crippen LogP contribution in [0.1, 0.15) is 290 Å². The Morgan fingerprint density at radius 1 is 0.382 bits per heavy atom. The fourth-order valence-electron chi connectivity index (χ4n) is 9.16. The van der Waals surface area contributed by atoms with Crippen LogP contribution in [-0.2, 0) is 24.3 Å². The highest BCUT2D eigenvalue weighted by molar-refractivity contribution is 7.87. The zero-order valence-corrected chi connectivity index (χ0v) is 46.7. The molecule has 0 saturated carbocycles. The minimum absolute atomic E-state index is 0.146. The fourth-order valence-corrected chi connectivity index (χ4v) is 10.2. The van der Waals surface area contributed by atoms with E-state index in [1.165, 1.54) is 225 Å². The molecule has 1 atom stereocenters. The van der Waals surface area contributed by atoms with Gasteiger partial charge in [-0.2, -0.15) is 8.42 Å². The quantitative estimate of drug-likeness (QED) is 0.0356. The van der Waals surface area contributed by atoms with Crippen LogP contribution in [0.3, 0.4) is 0 Å². The van der Waals surface area contributed by atoms with Crippen LogP contribution in [0.15, 0.2) is 36.5 Å². The maximum absolute atomic E-state index is 13.2. The second-order valence-corrected chi connectivity index (χ2v) is 22.0. The van der Waals surface area contributed by atoms with Crippen molar-refractivity contribution in [1.82, 2.24) is 5.32 Å². The highest BCUT2D eigenvalue weighted by Crippen LogP contribution is 2.27. The number of likely N-dealkylation sites (N-methyl/N-ethyl adjacent to an activating group) is 1. The Morgan fingerprint density at radius 2 is 0.618 bits per heavy atom. The Morgan fingerprint density at radius 3 is 0.868 bits per heavy atom. The van der Waals surface area contributed by atoms with Gasteiger partial charge in [0.05, 0.1) is 19.8 Å². The SMILES string of the molecule is CCCCCCCCC=CCCCCCCCCOCC(COCCCCCCCCC=CCCCCCCCC)C(COCCCCCCCCC=CCCCCCCCC)(NC)S(=O)(=O)O. The lowest BCUT2D eigenvalue weighted by Crippen LogP contribution is -2.61. The molecule has 404 valence electrons. The van der Waals surface area contributed by atoms with E-state index in [2.05, 4.69) is 62.5 Å². The fraction of sp³-hybridized carbons (Fsp3) is 0.900. The van der Waals surface area contributed by atoms with E-state index in [4.69, 9.17) is 14.2 Å². The number of rotatable bonds is 57. The number of unbranched alkanes of at least 4 members (excludes halogenated alkanes) is 36. The Kier molecular flexibility index (Phi) is 52.9. The first-order valence-corrected chi connectivity index (χ1v) is 31.2. The smallest absolute Gasteiger partial charge is 0.286 e. The molecule has 0 saturated heterocycles. The van der Waals surface area contributed by atoms with Crippen LogP contribution in [0.25, 0.3) is 0 Å². The zero-order valence-electron chi connectivity index (χ0n) is 45.9. The van der Waals surface area contributed by atoms with Crippen molar-refractivity contribution >= 4 is 10.1 Å². The van der Waals surface area contributed by atoms with E-state index in [1.807, 2.05) is 0 Å². The molecule has 0 aromatic rings. The van der Waals surface area contributed by atoms with Crippen LogP contribution in [0, 0.1) is 5.92 Å². The normalized spacial score (nSPS) is 13.8. The lowest BCUT2D eigenvalue weighted by atomic mass is 10.0. The van der Waals surface area contributed by atoms with E-state index in [0.717, 1.165) is 44.9 Å². The number of hydrogen-bond acceptors (Lipinski definition) is 6. The molecule has 0 fully saturated rings. The Hall–Kier alpha value is -1.03. The maximum atomic E-state index is 13.2. The predicted molar refractivity (Wildman–Crippen MR) is 298 cm³/mol. The minimum Gasteiger partial charge on any atom is -0.381 e. The predicted octanol–water partition coefficient (Wildman–Crippen LogP) is 18.6. The third-order valence-electron chi connectivity index (χ3n) is 13.9. The molecule has 1 unspecified atom stereocenters. The average Bonchev–Trinajstić information content (AvgIpc) is 3.33. The van der Waals surface area contributed by atoms with Crippen molar-refractivity contribution in [2.45, 2.75) is 295 Å². The molecule has 8 heteroatoms. The van der Waals surface area contributed by atoms with Gasteiger partial charge < -0.3 is 14.2 Å². The highest BCUT2D eigenvalue weighted by atomic mass is 32.2. The van der Waals surface area contributed by atoms with Gasteiger partial charge in [0.2, 0.25) is 0 Å². The molecule has 0 amide bonds. The standard InChI is InChI=1S/C60H117NO6S/c1-5-8-11-14-17-20-23-26-29-32-35-38-41-44-47-50-53-65-56-59(57-66-54-51-48-45-42-39-36-33-30-27-24-21-18-15-12-9-6-2)60(61-4,68(62,63)64)58-67-55-52-49-46-43-40-37-34-31-28-25-22-19-16-13-10-7-3/h26-31,59,61H,5-25,32-58H2,1-4H3,(H,62,63,64). The van der Waals surface area contributed by atoms with Crippen molar-refractivity contribution < 1.29 is 27.2 Å². The summed E-state index contributed by atoms with van der Waals surface area (Å²) >= 11 is 0. The van der Waals surface area contributed by atoms with Gasteiger partial charge in [-0.15, -0.1) is 0 Å². The number of allylic oxidation sites excluding steroid dienone is 6. The average molecular weight is 981 g/mol. The van der Waals surface area contributed by atoms with Crippen molar-refractivity contribution in [3.8, 4) is 0 Å². The van der Waals surface area contributed by atoms with Crippen molar-refractivity contribution in [2.75, 3.05) is 46.7 Å². The topological polar surface area (TPSA) is 94.1 Å². The molecule has 0 aliphatic carbocycles. The summed E-state index contributed by atoms with van der Waals surface area (Å²) in [5.41, 5.74) is 0. The summed E-state index contributed by atoms with van der Waals surface area (Å²) in [7, 11) is -2.96. The molecule has 0 bridgehead atoms. The van der Waals surface area contributed by atoms with Gasteiger partial charge in [0.25, 0.3) is 10.1 Å². The summed E-state index contributed by atoms with van der Waals surface area (Å²) in [4.78, 5) is -1.71. The Labute approximate surface area is 425 Å². The second-order valence-electron chi connectivity index (χ2n) is 20.3. The first-order chi connectivity index (χ1) is 33.4. The molecule has 0 aromatic heterocycles. The van der Waals surface area contributed by atoms with Gasteiger partial charge in [-0.25, -0.2) is 0 Å². The highest BCUT2D eigenvalue weighted by Gasteiger charge is 2.49. The van der Waals surface area contributed by atoms with Crippen LogP contribution in [0.2, 0.25) is 0 Å². The van der Waals surface area contributed by atoms with Crippen molar-refractivity contribution in [3.05, 3.63) is 36.5 Å². The monoisotopic (exact) mass is 980 g/mol. The van der Waals surface area contributed by atoms with Crippen molar-refractivity contribution in [2.24, 2.45) is 5.92 Å². The van der Waals surface area contributed by atoms with Gasteiger partial charge >= 0.3 is 0 Å². The van der Waals surface area contributed by atoms with E-state index >= 15 is 0 Å². The zero-order chi connectivity index (χ0) is 49.6. The van der Waals surface area contributed by atoms with Crippen LogP contribution >= 0.6 is 0 Å². The van der Waals surface area contributed by atoms with Gasteiger partial charge in [-0.05, 0) is 103 Å². The summed E-state index contributed by atoms with van der Waals surface area (Å²) in [6.45, 7) is 8.61. The third-order valence-corrected chi connectivity index (χ3v) is 15.5. The van der Waals surface area contributed by atoms with Gasteiger partial charge in [-0.3, -0.25) is 9.87 Å². The summed E-state index contributed by atoms with van der Waals surface area (Å²) in [5, 5.41) is 2.99.